The number of carbonyl (C=O) groups excluding carboxylic acids is 2. The Balaban J connectivity index is 4.87. The lowest BCUT2D eigenvalue weighted by Crippen LogP contribution is -2.53. The molecular formula is C17H27NO4. The first kappa shape index (κ1) is 20.0. The lowest BCUT2D eigenvalue weighted by Gasteiger charge is -2.34. The number of esters is 1. The summed E-state index contributed by atoms with van der Waals surface area (Å²) in [4.78, 5) is 25.5. The fraction of sp³-hybridized carbons (Fsp3) is 0.529. The monoisotopic (exact) mass is 309 g/mol. The van der Waals surface area contributed by atoms with Gasteiger partial charge in [0, 0.05) is 7.05 Å². The van der Waals surface area contributed by atoms with Gasteiger partial charge >= 0.3 is 12.1 Å². The number of rotatable bonds is 6. The molecule has 1 amide bonds. The Labute approximate surface area is 133 Å². The van der Waals surface area contributed by atoms with Crippen molar-refractivity contribution in [3.8, 4) is 0 Å². The molecule has 0 aromatic rings. The van der Waals surface area contributed by atoms with Crippen LogP contribution >= 0.6 is 0 Å². The van der Waals surface area contributed by atoms with Gasteiger partial charge in [-0.15, -0.1) is 0 Å². The molecule has 0 aliphatic carbocycles. The summed E-state index contributed by atoms with van der Waals surface area (Å²) < 4.78 is 10.5. The fourth-order valence-electron chi connectivity index (χ4n) is 1.35. The quantitative estimate of drug-likeness (QED) is 0.557. The molecule has 5 heteroatoms. The summed E-state index contributed by atoms with van der Waals surface area (Å²) >= 11 is 0. The lowest BCUT2D eigenvalue weighted by atomic mass is 10.0. The number of nitrogens with zero attached hydrogens (tertiary/aromatic N) is 1. The lowest BCUT2D eigenvalue weighted by molar-refractivity contribution is -0.154. The predicted octanol–water partition coefficient (Wildman–Crippen LogP) is 3.47. The van der Waals surface area contributed by atoms with E-state index in [-0.39, 0.29) is 6.61 Å². The molecule has 0 bridgehead atoms. The number of hydrogen-bond acceptors (Lipinski definition) is 4. The number of allylic oxidation sites excluding steroid dienone is 2. The Morgan fingerprint density at radius 2 is 1.68 bits per heavy atom. The van der Waals surface area contributed by atoms with Crippen molar-refractivity contribution in [3.63, 3.8) is 0 Å². The Hall–Kier alpha value is -2.04. The number of hydrogen-bond donors (Lipinski definition) is 0. The molecule has 5 nitrogen and oxygen atoms in total. The van der Waals surface area contributed by atoms with Crippen molar-refractivity contribution < 1.29 is 19.1 Å². The van der Waals surface area contributed by atoms with Gasteiger partial charge in [-0.3, -0.25) is 4.90 Å². The summed E-state index contributed by atoms with van der Waals surface area (Å²) in [5, 5.41) is 0. The predicted molar refractivity (Wildman–Crippen MR) is 87.5 cm³/mol. The summed E-state index contributed by atoms with van der Waals surface area (Å²) in [5.74, 6) is -0.530. The van der Waals surface area contributed by atoms with E-state index in [9.17, 15) is 9.59 Å². The van der Waals surface area contributed by atoms with Crippen LogP contribution in [0, 0.1) is 0 Å². The van der Waals surface area contributed by atoms with Gasteiger partial charge in [-0.25, -0.2) is 9.59 Å². The maximum absolute atomic E-state index is 12.2. The van der Waals surface area contributed by atoms with Gasteiger partial charge < -0.3 is 9.47 Å². The van der Waals surface area contributed by atoms with Crippen LogP contribution in [0.1, 0.15) is 34.6 Å². The van der Waals surface area contributed by atoms with Gasteiger partial charge in [0.05, 0.1) is 0 Å². The molecule has 0 rings (SSSR count). The highest BCUT2D eigenvalue weighted by molar-refractivity contribution is 5.85. The summed E-state index contributed by atoms with van der Waals surface area (Å²) in [6, 6.07) is 0. The molecule has 0 heterocycles. The smallest absolute Gasteiger partial charge is 0.410 e. The first-order valence-corrected chi connectivity index (χ1v) is 7.03. The Kier molecular flexibility index (Phi) is 7.10. The van der Waals surface area contributed by atoms with Gasteiger partial charge in [0.2, 0.25) is 0 Å². The van der Waals surface area contributed by atoms with Gasteiger partial charge in [-0.05, 0) is 40.2 Å². The van der Waals surface area contributed by atoms with Crippen LogP contribution in [0.15, 0.2) is 37.0 Å². The average molecular weight is 309 g/mol. The van der Waals surface area contributed by atoms with Crippen LogP contribution in [0.5, 0.6) is 0 Å². The maximum Gasteiger partial charge on any atom is 0.410 e. The molecule has 0 aromatic carbocycles. The van der Waals surface area contributed by atoms with E-state index in [1.54, 1.807) is 52.8 Å². The molecule has 124 valence electrons. The van der Waals surface area contributed by atoms with Crippen molar-refractivity contribution in [2.75, 3.05) is 13.7 Å². The van der Waals surface area contributed by atoms with Crippen LogP contribution in [0.2, 0.25) is 0 Å². The third-order valence-electron chi connectivity index (χ3n) is 2.97. The van der Waals surface area contributed by atoms with E-state index in [1.165, 1.54) is 11.9 Å². The van der Waals surface area contributed by atoms with Gasteiger partial charge in [-0.1, -0.05) is 31.4 Å². The van der Waals surface area contributed by atoms with Crippen LogP contribution in [0.4, 0.5) is 4.79 Å². The van der Waals surface area contributed by atoms with Crippen molar-refractivity contribution in [3.05, 3.63) is 37.0 Å². The van der Waals surface area contributed by atoms with Crippen LogP contribution in [0.3, 0.4) is 0 Å². The largest absolute Gasteiger partial charge is 0.459 e. The van der Waals surface area contributed by atoms with E-state index in [4.69, 9.17) is 9.47 Å². The topological polar surface area (TPSA) is 55.8 Å². The highest BCUT2D eigenvalue weighted by atomic mass is 16.6. The van der Waals surface area contributed by atoms with Crippen molar-refractivity contribution in [1.29, 1.82) is 0 Å². The van der Waals surface area contributed by atoms with Gasteiger partial charge in [0.15, 0.2) is 0 Å². The Morgan fingerprint density at radius 3 is 2.09 bits per heavy atom. The zero-order chi connectivity index (χ0) is 17.6. The second-order valence-electron chi connectivity index (χ2n) is 6.36. The fourth-order valence-corrected chi connectivity index (χ4v) is 1.35. The molecule has 0 saturated heterocycles. The van der Waals surface area contributed by atoms with Crippen molar-refractivity contribution in [1.82, 2.24) is 4.90 Å². The van der Waals surface area contributed by atoms with E-state index in [1.807, 2.05) is 0 Å². The second-order valence-corrected chi connectivity index (χ2v) is 6.36. The number of carbonyl (C=O) groups is 2. The van der Waals surface area contributed by atoms with Gasteiger partial charge in [0.1, 0.15) is 17.7 Å². The minimum atomic E-state index is -1.15. The molecule has 0 spiro atoms. The zero-order valence-corrected chi connectivity index (χ0v) is 14.4. The molecular weight excluding hydrogens is 282 g/mol. The standard InChI is InChI=1S/C17H27NO4/c1-9-11-13(10-2)12-21-14(19)17(6,7)18(8)15(20)22-16(3,4)5/h9-11H,1-2,12H2,3-8H3/b13-11+. The summed E-state index contributed by atoms with van der Waals surface area (Å²) in [6.07, 6.45) is 4.28. The number of likely N-dealkylation sites (N-methyl/N-ethyl adjacent to an activating group) is 1. The molecule has 0 fully saturated rings. The maximum atomic E-state index is 12.2. The van der Waals surface area contributed by atoms with Crippen LogP contribution in [-0.2, 0) is 14.3 Å². The van der Waals surface area contributed by atoms with E-state index >= 15 is 0 Å². The van der Waals surface area contributed by atoms with Crippen molar-refractivity contribution >= 4 is 12.1 Å². The highest BCUT2D eigenvalue weighted by Crippen LogP contribution is 2.19. The molecule has 0 saturated carbocycles. The highest BCUT2D eigenvalue weighted by Gasteiger charge is 2.38. The van der Waals surface area contributed by atoms with E-state index in [0.29, 0.717) is 0 Å². The van der Waals surface area contributed by atoms with Gasteiger partial charge in [-0.2, -0.15) is 0 Å². The molecule has 0 aliphatic heterocycles. The number of ether oxygens (including phenoxy) is 2. The number of amides is 1. The summed E-state index contributed by atoms with van der Waals surface area (Å²) in [7, 11) is 1.50. The zero-order valence-electron chi connectivity index (χ0n) is 14.4. The molecule has 22 heavy (non-hydrogen) atoms. The summed E-state index contributed by atoms with van der Waals surface area (Å²) in [5.41, 5.74) is -1.06. The first-order valence-electron chi connectivity index (χ1n) is 7.03. The minimum Gasteiger partial charge on any atom is -0.459 e. The average Bonchev–Trinajstić information content (AvgIpc) is 2.39. The molecule has 0 N–H and O–H groups in total. The van der Waals surface area contributed by atoms with Gasteiger partial charge in [0.25, 0.3) is 0 Å². The Morgan fingerprint density at radius 1 is 1.14 bits per heavy atom. The van der Waals surface area contributed by atoms with Crippen molar-refractivity contribution in [2.24, 2.45) is 0 Å². The first-order chi connectivity index (χ1) is 9.95. The molecule has 0 radical (unpaired) electrons. The molecule has 0 atom stereocenters. The Bertz CT molecular complexity index is 470. The van der Waals surface area contributed by atoms with E-state index in [0.717, 1.165) is 5.57 Å². The minimum absolute atomic E-state index is 0.0694. The SMILES string of the molecule is C=C/C=C(\C=C)COC(=O)C(C)(C)N(C)C(=O)OC(C)(C)C. The molecule has 0 aromatic heterocycles. The van der Waals surface area contributed by atoms with Crippen molar-refractivity contribution in [2.45, 2.75) is 45.8 Å². The van der Waals surface area contributed by atoms with Crippen LogP contribution in [0.25, 0.3) is 0 Å². The van der Waals surface area contributed by atoms with Crippen LogP contribution in [-0.4, -0.2) is 41.8 Å². The summed E-state index contributed by atoms with van der Waals surface area (Å²) in [6.45, 7) is 15.8. The van der Waals surface area contributed by atoms with Crippen LogP contribution < -0.4 is 0 Å². The van der Waals surface area contributed by atoms with E-state index in [2.05, 4.69) is 13.2 Å². The molecule has 0 unspecified atom stereocenters. The normalized spacial score (nSPS) is 12.4. The molecule has 0 aliphatic rings. The van der Waals surface area contributed by atoms with E-state index < -0.39 is 23.2 Å². The third-order valence-corrected chi connectivity index (χ3v) is 2.97. The third kappa shape index (κ3) is 6.16. The second kappa shape index (κ2) is 7.82.